The molecule has 0 N–H and O–H groups in total. The second-order valence-electron chi connectivity index (χ2n) is 6.16. The van der Waals surface area contributed by atoms with Crippen molar-refractivity contribution in [1.82, 2.24) is 14.8 Å². The fourth-order valence-corrected chi connectivity index (χ4v) is 3.87. The maximum absolute atomic E-state index is 4.39. The number of hydrogen-bond acceptors (Lipinski definition) is 3. The Morgan fingerprint density at radius 3 is 2.48 bits per heavy atom. The van der Waals surface area contributed by atoms with Gasteiger partial charge in [0.05, 0.1) is 0 Å². The molecule has 3 aromatic carbocycles. The van der Waals surface area contributed by atoms with E-state index in [4.69, 9.17) is 0 Å². The molecular formula is C21H19N3S. The molecular weight excluding hydrogens is 326 g/mol. The average molecular weight is 345 g/mol. The topological polar surface area (TPSA) is 30.7 Å². The van der Waals surface area contributed by atoms with Gasteiger partial charge in [-0.25, -0.2) is 0 Å². The summed E-state index contributed by atoms with van der Waals surface area (Å²) in [6.07, 6.45) is 0. The molecule has 0 amide bonds. The van der Waals surface area contributed by atoms with Gasteiger partial charge >= 0.3 is 0 Å². The van der Waals surface area contributed by atoms with Crippen molar-refractivity contribution in [1.29, 1.82) is 0 Å². The summed E-state index contributed by atoms with van der Waals surface area (Å²) in [5, 5.41) is 12.3. The molecule has 25 heavy (non-hydrogen) atoms. The fourth-order valence-electron chi connectivity index (χ4n) is 2.96. The number of benzene rings is 3. The Balaban J connectivity index is 1.58. The van der Waals surface area contributed by atoms with Crippen molar-refractivity contribution in [3.05, 3.63) is 77.9 Å². The Morgan fingerprint density at radius 1 is 0.880 bits per heavy atom. The summed E-state index contributed by atoms with van der Waals surface area (Å²) in [5.74, 6) is 1.78. The zero-order valence-corrected chi connectivity index (χ0v) is 15.1. The van der Waals surface area contributed by atoms with Crippen molar-refractivity contribution in [2.24, 2.45) is 7.05 Å². The van der Waals surface area contributed by atoms with Crippen LogP contribution in [0.4, 0.5) is 0 Å². The largest absolute Gasteiger partial charge is 0.305 e. The molecule has 0 saturated carbocycles. The van der Waals surface area contributed by atoms with E-state index in [1.807, 2.05) is 7.05 Å². The highest BCUT2D eigenvalue weighted by Crippen LogP contribution is 2.28. The summed E-state index contributed by atoms with van der Waals surface area (Å²) in [7, 11) is 2.03. The van der Waals surface area contributed by atoms with E-state index >= 15 is 0 Å². The Kier molecular flexibility index (Phi) is 4.28. The van der Waals surface area contributed by atoms with Crippen LogP contribution >= 0.6 is 11.8 Å². The van der Waals surface area contributed by atoms with Crippen LogP contribution in [-0.4, -0.2) is 14.8 Å². The first-order valence-corrected chi connectivity index (χ1v) is 9.27. The standard InChI is InChI=1S/C21H19N3S/c1-15-10-12-17(13-11-15)20-22-23-21(24(20)2)25-14-18-8-5-7-16-6-3-4-9-19(16)18/h3-13H,14H2,1-2H3. The molecule has 0 radical (unpaired) electrons. The molecule has 1 heterocycles. The average Bonchev–Trinajstić information content (AvgIpc) is 3.01. The molecule has 0 unspecified atom stereocenters. The number of rotatable bonds is 4. The minimum absolute atomic E-state index is 0.876. The number of hydrogen-bond donors (Lipinski definition) is 0. The van der Waals surface area contributed by atoms with E-state index in [0.717, 1.165) is 22.3 Å². The van der Waals surface area contributed by atoms with E-state index in [2.05, 4.69) is 88.4 Å². The van der Waals surface area contributed by atoms with Gasteiger partial charge in [0.2, 0.25) is 0 Å². The number of aryl methyl sites for hydroxylation is 1. The lowest BCUT2D eigenvalue weighted by Crippen LogP contribution is -1.95. The van der Waals surface area contributed by atoms with E-state index < -0.39 is 0 Å². The van der Waals surface area contributed by atoms with Crippen molar-refractivity contribution in [2.45, 2.75) is 17.8 Å². The Morgan fingerprint density at radius 2 is 1.64 bits per heavy atom. The van der Waals surface area contributed by atoms with Gasteiger partial charge in [0.1, 0.15) is 0 Å². The third-order valence-corrected chi connectivity index (χ3v) is 5.45. The fraction of sp³-hybridized carbons (Fsp3) is 0.143. The maximum atomic E-state index is 4.39. The van der Waals surface area contributed by atoms with Crippen molar-refractivity contribution >= 4 is 22.5 Å². The third kappa shape index (κ3) is 3.17. The Bertz CT molecular complexity index is 1010. The quantitative estimate of drug-likeness (QED) is 0.474. The summed E-state index contributed by atoms with van der Waals surface area (Å²) >= 11 is 1.72. The number of aromatic nitrogens is 3. The minimum Gasteiger partial charge on any atom is -0.305 e. The second-order valence-corrected chi connectivity index (χ2v) is 7.10. The van der Waals surface area contributed by atoms with Crippen LogP contribution in [0.5, 0.6) is 0 Å². The Hall–Kier alpha value is -2.59. The molecule has 0 saturated heterocycles. The minimum atomic E-state index is 0.876. The summed E-state index contributed by atoms with van der Waals surface area (Å²) in [6, 6.07) is 23.4. The predicted molar refractivity (Wildman–Crippen MR) is 105 cm³/mol. The lowest BCUT2D eigenvalue weighted by Gasteiger charge is -2.07. The highest BCUT2D eigenvalue weighted by atomic mass is 32.2. The predicted octanol–water partition coefficient (Wildman–Crippen LogP) is 5.24. The smallest absolute Gasteiger partial charge is 0.191 e. The molecule has 1 aromatic heterocycles. The van der Waals surface area contributed by atoms with Crippen LogP contribution in [0, 0.1) is 6.92 Å². The lowest BCUT2D eigenvalue weighted by atomic mass is 10.1. The first kappa shape index (κ1) is 15.9. The van der Waals surface area contributed by atoms with Gasteiger partial charge < -0.3 is 4.57 Å². The monoisotopic (exact) mass is 345 g/mol. The van der Waals surface area contributed by atoms with E-state index in [0.29, 0.717) is 0 Å². The van der Waals surface area contributed by atoms with Gasteiger partial charge in [0, 0.05) is 18.4 Å². The molecule has 124 valence electrons. The van der Waals surface area contributed by atoms with Gasteiger partial charge in [0.25, 0.3) is 0 Å². The molecule has 3 nitrogen and oxygen atoms in total. The zero-order chi connectivity index (χ0) is 17.2. The van der Waals surface area contributed by atoms with E-state index in [1.165, 1.54) is 21.9 Å². The third-order valence-electron chi connectivity index (χ3n) is 4.38. The van der Waals surface area contributed by atoms with Gasteiger partial charge in [0.15, 0.2) is 11.0 Å². The van der Waals surface area contributed by atoms with Crippen molar-refractivity contribution in [2.75, 3.05) is 0 Å². The molecule has 0 atom stereocenters. The molecule has 0 bridgehead atoms. The first-order valence-electron chi connectivity index (χ1n) is 8.28. The van der Waals surface area contributed by atoms with Crippen LogP contribution in [-0.2, 0) is 12.8 Å². The van der Waals surface area contributed by atoms with Crippen LogP contribution < -0.4 is 0 Å². The van der Waals surface area contributed by atoms with Crippen LogP contribution in [0.25, 0.3) is 22.2 Å². The molecule has 0 spiro atoms. The van der Waals surface area contributed by atoms with E-state index in [1.54, 1.807) is 11.8 Å². The highest BCUT2D eigenvalue weighted by Gasteiger charge is 2.12. The van der Waals surface area contributed by atoms with Gasteiger partial charge in [-0.3, -0.25) is 0 Å². The zero-order valence-electron chi connectivity index (χ0n) is 14.3. The number of fused-ring (bicyclic) bond motifs is 1. The van der Waals surface area contributed by atoms with Crippen molar-refractivity contribution in [3.63, 3.8) is 0 Å². The SMILES string of the molecule is Cc1ccc(-c2nnc(SCc3cccc4ccccc34)n2C)cc1. The van der Waals surface area contributed by atoms with Crippen molar-refractivity contribution in [3.8, 4) is 11.4 Å². The van der Waals surface area contributed by atoms with E-state index in [-0.39, 0.29) is 0 Å². The molecule has 4 rings (SSSR count). The van der Waals surface area contributed by atoms with Gasteiger partial charge in [-0.15, -0.1) is 10.2 Å². The molecule has 0 aliphatic heterocycles. The summed E-state index contributed by atoms with van der Waals surface area (Å²) < 4.78 is 2.07. The molecule has 0 aliphatic rings. The maximum Gasteiger partial charge on any atom is 0.191 e. The molecule has 4 heteroatoms. The van der Waals surface area contributed by atoms with E-state index in [9.17, 15) is 0 Å². The number of nitrogens with zero attached hydrogens (tertiary/aromatic N) is 3. The first-order chi connectivity index (χ1) is 12.2. The lowest BCUT2D eigenvalue weighted by molar-refractivity contribution is 0.794. The van der Waals surface area contributed by atoms with Gasteiger partial charge in [-0.05, 0) is 23.3 Å². The van der Waals surface area contributed by atoms with Gasteiger partial charge in [-0.2, -0.15) is 0 Å². The number of thioether (sulfide) groups is 1. The molecule has 0 aliphatic carbocycles. The van der Waals surface area contributed by atoms with Crippen LogP contribution in [0.2, 0.25) is 0 Å². The Labute approximate surface area is 151 Å². The van der Waals surface area contributed by atoms with Crippen LogP contribution in [0.3, 0.4) is 0 Å². The van der Waals surface area contributed by atoms with Crippen molar-refractivity contribution < 1.29 is 0 Å². The molecule has 0 fully saturated rings. The second kappa shape index (κ2) is 6.73. The van der Waals surface area contributed by atoms with Gasteiger partial charge in [-0.1, -0.05) is 84.1 Å². The summed E-state index contributed by atoms with van der Waals surface area (Å²) in [4.78, 5) is 0. The molecule has 4 aromatic rings. The van der Waals surface area contributed by atoms with Crippen LogP contribution in [0.15, 0.2) is 71.9 Å². The van der Waals surface area contributed by atoms with Crippen LogP contribution in [0.1, 0.15) is 11.1 Å². The summed E-state index contributed by atoms with van der Waals surface area (Å²) in [6.45, 7) is 2.09. The highest BCUT2D eigenvalue weighted by molar-refractivity contribution is 7.98. The summed E-state index contributed by atoms with van der Waals surface area (Å²) in [5.41, 5.74) is 3.66. The normalized spacial score (nSPS) is 11.1.